The van der Waals surface area contributed by atoms with E-state index < -0.39 is 23.5 Å². The molecule has 3 aromatic carbocycles. The van der Waals surface area contributed by atoms with Gasteiger partial charge in [0.25, 0.3) is 0 Å². The largest absolute Gasteiger partial charge is 0.462 e. The smallest absolute Gasteiger partial charge is 0.340 e. The third kappa shape index (κ3) is 3.54. The van der Waals surface area contributed by atoms with Crippen LogP contribution in [-0.2, 0) is 19.8 Å². The number of benzene rings is 3. The van der Waals surface area contributed by atoms with Crippen molar-refractivity contribution in [3.63, 3.8) is 0 Å². The second-order valence-electron chi connectivity index (χ2n) is 7.21. The number of cyclic esters (lactones) is 1. The van der Waals surface area contributed by atoms with Crippen molar-refractivity contribution in [3.05, 3.63) is 106 Å². The molecule has 1 aliphatic heterocycles. The van der Waals surface area contributed by atoms with Crippen LogP contribution in [0.5, 0.6) is 0 Å². The summed E-state index contributed by atoms with van der Waals surface area (Å²) in [6, 6.07) is 20.8. The van der Waals surface area contributed by atoms with Crippen LogP contribution in [0.1, 0.15) is 61.6 Å². The Bertz CT molecular complexity index is 1100. The van der Waals surface area contributed by atoms with E-state index in [4.69, 9.17) is 14.2 Å². The van der Waals surface area contributed by atoms with Crippen LogP contribution in [0.15, 0.2) is 72.8 Å². The molecule has 0 amide bonds. The fourth-order valence-corrected chi connectivity index (χ4v) is 3.92. The number of ether oxygens (including phenoxy) is 3. The predicted molar refractivity (Wildman–Crippen MR) is 117 cm³/mol. The third-order valence-corrected chi connectivity index (χ3v) is 5.38. The van der Waals surface area contributed by atoms with Gasteiger partial charge in [-0.3, -0.25) is 0 Å². The number of carbonyl (C=O) groups is 3. The maximum atomic E-state index is 12.8. The SMILES string of the molecule is CCOC(=O)c1ccc(C2(c3ccc(C(=O)OCC)cc3)OC(=O)c3ccccc32)cc1. The molecular formula is C26H22O6. The molecule has 0 aromatic heterocycles. The summed E-state index contributed by atoms with van der Waals surface area (Å²) in [5.74, 6) is -1.28. The monoisotopic (exact) mass is 430 g/mol. The number of fused-ring (bicyclic) bond motifs is 1. The van der Waals surface area contributed by atoms with E-state index >= 15 is 0 Å². The highest BCUT2D eigenvalue weighted by Crippen LogP contribution is 2.47. The maximum Gasteiger partial charge on any atom is 0.340 e. The Morgan fingerprint density at radius 3 is 1.69 bits per heavy atom. The molecule has 0 N–H and O–H groups in total. The molecule has 162 valence electrons. The molecular weight excluding hydrogens is 408 g/mol. The van der Waals surface area contributed by atoms with Crippen LogP contribution in [0.2, 0.25) is 0 Å². The molecule has 3 aromatic rings. The van der Waals surface area contributed by atoms with E-state index in [9.17, 15) is 14.4 Å². The zero-order valence-electron chi connectivity index (χ0n) is 17.8. The summed E-state index contributed by atoms with van der Waals surface area (Å²) < 4.78 is 16.1. The van der Waals surface area contributed by atoms with Gasteiger partial charge in [0.2, 0.25) is 0 Å². The van der Waals surface area contributed by atoms with Crippen molar-refractivity contribution >= 4 is 17.9 Å². The van der Waals surface area contributed by atoms with Crippen molar-refractivity contribution in [1.82, 2.24) is 0 Å². The van der Waals surface area contributed by atoms with Gasteiger partial charge < -0.3 is 14.2 Å². The molecule has 0 atom stereocenters. The zero-order chi connectivity index (χ0) is 22.7. The molecule has 1 aliphatic rings. The second kappa shape index (κ2) is 8.67. The predicted octanol–water partition coefficient (Wildman–Crippen LogP) is 4.50. The molecule has 0 saturated carbocycles. The van der Waals surface area contributed by atoms with Gasteiger partial charge in [0.05, 0.1) is 29.9 Å². The van der Waals surface area contributed by atoms with Gasteiger partial charge in [-0.2, -0.15) is 0 Å². The van der Waals surface area contributed by atoms with Gasteiger partial charge in [0, 0.05) is 16.7 Å². The normalized spacial score (nSPS) is 13.8. The van der Waals surface area contributed by atoms with Gasteiger partial charge >= 0.3 is 17.9 Å². The van der Waals surface area contributed by atoms with E-state index in [1.54, 1.807) is 74.5 Å². The number of hydrogen-bond acceptors (Lipinski definition) is 6. The van der Waals surface area contributed by atoms with Gasteiger partial charge in [-0.1, -0.05) is 42.5 Å². The lowest BCUT2D eigenvalue weighted by Crippen LogP contribution is -2.29. The minimum atomic E-state index is -1.21. The lowest BCUT2D eigenvalue weighted by atomic mass is 9.79. The van der Waals surface area contributed by atoms with E-state index in [2.05, 4.69) is 0 Å². The Labute approximate surface area is 185 Å². The molecule has 0 radical (unpaired) electrons. The van der Waals surface area contributed by atoms with Crippen LogP contribution in [0.4, 0.5) is 0 Å². The quantitative estimate of drug-likeness (QED) is 0.423. The lowest BCUT2D eigenvalue weighted by Gasteiger charge is -2.30. The van der Waals surface area contributed by atoms with E-state index in [-0.39, 0.29) is 13.2 Å². The van der Waals surface area contributed by atoms with Crippen LogP contribution in [0, 0.1) is 0 Å². The highest BCUT2D eigenvalue weighted by Gasteiger charge is 2.48. The summed E-state index contributed by atoms with van der Waals surface area (Å²) in [5.41, 5.74) is 2.10. The van der Waals surface area contributed by atoms with Crippen molar-refractivity contribution < 1.29 is 28.6 Å². The van der Waals surface area contributed by atoms with Crippen molar-refractivity contribution in [2.24, 2.45) is 0 Å². The molecule has 1 heterocycles. The first kappa shape index (κ1) is 21.3. The van der Waals surface area contributed by atoms with Gasteiger partial charge in [-0.05, 0) is 44.2 Å². The van der Waals surface area contributed by atoms with E-state index in [1.807, 2.05) is 12.1 Å². The minimum absolute atomic E-state index is 0.280. The molecule has 0 saturated heterocycles. The Morgan fingerprint density at radius 1 is 0.750 bits per heavy atom. The van der Waals surface area contributed by atoms with Crippen LogP contribution in [0.25, 0.3) is 0 Å². The summed E-state index contributed by atoms with van der Waals surface area (Å²) in [6.07, 6.45) is 0. The molecule has 0 unspecified atom stereocenters. The van der Waals surface area contributed by atoms with Crippen molar-refractivity contribution in [2.75, 3.05) is 13.2 Å². The zero-order valence-corrected chi connectivity index (χ0v) is 17.8. The van der Waals surface area contributed by atoms with Crippen molar-refractivity contribution in [2.45, 2.75) is 19.4 Å². The molecule has 6 nitrogen and oxygen atoms in total. The van der Waals surface area contributed by atoms with Crippen molar-refractivity contribution in [1.29, 1.82) is 0 Å². The van der Waals surface area contributed by atoms with Gasteiger partial charge in [-0.15, -0.1) is 0 Å². The Hall–Kier alpha value is -3.93. The number of rotatable bonds is 6. The van der Waals surface area contributed by atoms with E-state index in [0.717, 1.165) is 0 Å². The first-order valence-electron chi connectivity index (χ1n) is 10.4. The van der Waals surface area contributed by atoms with Gasteiger partial charge in [0.1, 0.15) is 0 Å². The van der Waals surface area contributed by atoms with Gasteiger partial charge in [-0.25, -0.2) is 14.4 Å². The standard InChI is InChI=1S/C26H22O6/c1-3-30-23(27)17-9-13-19(14-10-17)26(22-8-6-5-7-21(22)25(29)32-26)20-15-11-18(12-16-20)24(28)31-4-2/h5-16H,3-4H2,1-2H3. The summed E-state index contributed by atoms with van der Waals surface area (Å²) in [4.78, 5) is 36.9. The number of esters is 3. The van der Waals surface area contributed by atoms with Crippen molar-refractivity contribution in [3.8, 4) is 0 Å². The highest BCUT2D eigenvalue weighted by atomic mass is 16.6. The summed E-state index contributed by atoms with van der Waals surface area (Å²) in [6.45, 7) is 4.05. The average Bonchev–Trinajstić information content (AvgIpc) is 3.13. The van der Waals surface area contributed by atoms with Crippen LogP contribution < -0.4 is 0 Å². The summed E-state index contributed by atoms with van der Waals surface area (Å²) >= 11 is 0. The highest BCUT2D eigenvalue weighted by molar-refractivity contribution is 5.96. The molecule has 6 heteroatoms. The number of carbonyl (C=O) groups excluding carboxylic acids is 3. The maximum absolute atomic E-state index is 12.8. The fraction of sp³-hybridized carbons (Fsp3) is 0.192. The van der Waals surface area contributed by atoms with Crippen LogP contribution in [-0.4, -0.2) is 31.1 Å². The molecule has 4 rings (SSSR count). The minimum Gasteiger partial charge on any atom is -0.462 e. The first-order valence-corrected chi connectivity index (χ1v) is 10.4. The molecule has 0 bridgehead atoms. The van der Waals surface area contributed by atoms with Crippen LogP contribution in [0.3, 0.4) is 0 Å². The summed E-state index contributed by atoms with van der Waals surface area (Å²) in [5, 5.41) is 0. The van der Waals surface area contributed by atoms with Crippen LogP contribution >= 0.6 is 0 Å². The molecule has 0 aliphatic carbocycles. The fourth-order valence-electron chi connectivity index (χ4n) is 3.92. The average molecular weight is 430 g/mol. The Kier molecular flexibility index (Phi) is 5.77. The van der Waals surface area contributed by atoms with E-state index in [1.165, 1.54) is 0 Å². The van der Waals surface area contributed by atoms with Gasteiger partial charge in [0.15, 0.2) is 5.60 Å². The number of hydrogen-bond donors (Lipinski definition) is 0. The first-order chi connectivity index (χ1) is 15.5. The lowest BCUT2D eigenvalue weighted by molar-refractivity contribution is 0.0249. The second-order valence-corrected chi connectivity index (χ2v) is 7.21. The van der Waals surface area contributed by atoms with E-state index in [0.29, 0.717) is 33.4 Å². The molecule has 0 fully saturated rings. The Morgan fingerprint density at radius 2 is 1.22 bits per heavy atom. The third-order valence-electron chi connectivity index (χ3n) is 5.38. The molecule has 0 spiro atoms. The Balaban J connectivity index is 1.84. The topological polar surface area (TPSA) is 78.9 Å². The molecule has 32 heavy (non-hydrogen) atoms. The summed E-state index contributed by atoms with van der Waals surface area (Å²) in [7, 11) is 0.